The van der Waals surface area contributed by atoms with Gasteiger partial charge in [-0.25, -0.2) is 0 Å². The molecule has 70 valence electrons. The van der Waals surface area contributed by atoms with Gasteiger partial charge in [-0.2, -0.15) is 0 Å². The second-order valence-electron chi connectivity index (χ2n) is 3.28. The molecule has 1 heterocycles. The van der Waals surface area contributed by atoms with Crippen LogP contribution in [0.25, 0.3) is 0 Å². The molecule has 0 bridgehead atoms. The van der Waals surface area contributed by atoms with Crippen molar-refractivity contribution in [2.24, 2.45) is 0 Å². The summed E-state index contributed by atoms with van der Waals surface area (Å²) in [5, 5.41) is 13.1. The Hall–Kier alpha value is -0.570. The van der Waals surface area contributed by atoms with E-state index < -0.39 is 0 Å². The molecule has 13 heavy (non-hydrogen) atoms. The summed E-state index contributed by atoms with van der Waals surface area (Å²) in [6, 6.07) is 5.94. The van der Waals surface area contributed by atoms with Crippen LogP contribution in [0.4, 0.5) is 0 Å². The van der Waals surface area contributed by atoms with Crippen LogP contribution in [0.5, 0.6) is 0 Å². The van der Waals surface area contributed by atoms with Crippen LogP contribution in [-0.2, 0) is 6.42 Å². The SMILES string of the molecule is OC[C@H]1NCCc2ccc(Cl)cc21. The molecule has 1 atom stereocenters. The van der Waals surface area contributed by atoms with Crippen molar-refractivity contribution in [3.05, 3.63) is 34.3 Å². The third-order valence-electron chi connectivity index (χ3n) is 2.45. The monoisotopic (exact) mass is 197 g/mol. The van der Waals surface area contributed by atoms with Gasteiger partial charge in [0.2, 0.25) is 0 Å². The van der Waals surface area contributed by atoms with Gasteiger partial charge in [0.25, 0.3) is 0 Å². The van der Waals surface area contributed by atoms with Gasteiger partial charge in [0.1, 0.15) is 0 Å². The summed E-state index contributed by atoms with van der Waals surface area (Å²) in [5.41, 5.74) is 2.43. The molecule has 0 saturated heterocycles. The van der Waals surface area contributed by atoms with Gasteiger partial charge in [0.15, 0.2) is 0 Å². The molecule has 3 heteroatoms. The maximum atomic E-state index is 9.12. The van der Waals surface area contributed by atoms with Gasteiger partial charge in [-0.15, -0.1) is 0 Å². The summed E-state index contributed by atoms with van der Waals surface area (Å²) in [6.07, 6.45) is 1.02. The van der Waals surface area contributed by atoms with Gasteiger partial charge in [-0.1, -0.05) is 17.7 Å². The maximum absolute atomic E-state index is 9.12. The fourth-order valence-corrected chi connectivity index (χ4v) is 1.95. The molecule has 2 nitrogen and oxygen atoms in total. The number of fused-ring (bicyclic) bond motifs is 1. The van der Waals surface area contributed by atoms with Crippen molar-refractivity contribution in [2.45, 2.75) is 12.5 Å². The summed E-state index contributed by atoms with van der Waals surface area (Å²) < 4.78 is 0. The molecule has 0 aromatic heterocycles. The first-order valence-corrected chi connectivity index (χ1v) is 4.81. The Morgan fingerprint density at radius 1 is 1.54 bits per heavy atom. The zero-order valence-corrected chi connectivity index (χ0v) is 8.01. The van der Waals surface area contributed by atoms with Gasteiger partial charge < -0.3 is 10.4 Å². The number of aliphatic hydroxyl groups excluding tert-OH is 1. The Kier molecular flexibility index (Phi) is 2.54. The van der Waals surface area contributed by atoms with Crippen LogP contribution in [0.3, 0.4) is 0 Å². The van der Waals surface area contributed by atoms with Crippen molar-refractivity contribution < 1.29 is 5.11 Å². The first kappa shape index (κ1) is 9.00. The molecule has 0 saturated carbocycles. The van der Waals surface area contributed by atoms with E-state index in [0.717, 1.165) is 23.6 Å². The first-order valence-electron chi connectivity index (χ1n) is 4.44. The molecular formula is C10H12ClNO. The zero-order chi connectivity index (χ0) is 9.26. The van der Waals surface area contributed by atoms with E-state index in [1.54, 1.807) is 0 Å². The maximum Gasteiger partial charge on any atom is 0.0626 e. The molecule has 2 N–H and O–H groups in total. The summed E-state index contributed by atoms with van der Waals surface area (Å²) >= 11 is 5.89. The summed E-state index contributed by atoms with van der Waals surface area (Å²) in [6.45, 7) is 1.06. The predicted molar refractivity (Wildman–Crippen MR) is 53.0 cm³/mol. The smallest absolute Gasteiger partial charge is 0.0626 e. The average Bonchev–Trinajstić information content (AvgIpc) is 2.17. The fourth-order valence-electron chi connectivity index (χ4n) is 1.77. The minimum atomic E-state index is 0.0578. The normalized spacial score (nSPS) is 21.2. The third kappa shape index (κ3) is 1.70. The molecule has 0 amide bonds. The predicted octanol–water partition coefficient (Wildman–Crippen LogP) is 1.52. The Labute approximate surface area is 82.5 Å². The largest absolute Gasteiger partial charge is 0.394 e. The van der Waals surface area contributed by atoms with Crippen LogP contribution in [-0.4, -0.2) is 18.3 Å². The van der Waals surface area contributed by atoms with Crippen LogP contribution in [0.2, 0.25) is 5.02 Å². The van der Waals surface area contributed by atoms with E-state index in [9.17, 15) is 0 Å². The third-order valence-corrected chi connectivity index (χ3v) is 2.69. The standard InChI is InChI=1S/C10H12ClNO/c11-8-2-1-7-3-4-12-10(6-13)9(7)5-8/h1-2,5,10,12-13H,3-4,6H2/t10-/m1/s1. The van der Waals surface area contributed by atoms with E-state index >= 15 is 0 Å². The minimum Gasteiger partial charge on any atom is -0.394 e. The van der Waals surface area contributed by atoms with Crippen molar-refractivity contribution in [1.82, 2.24) is 5.32 Å². The number of nitrogens with one attached hydrogen (secondary N) is 1. The number of hydrogen-bond acceptors (Lipinski definition) is 2. The number of rotatable bonds is 1. The van der Waals surface area contributed by atoms with E-state index in [2.05, 4.69) is 5.32 Å². The molecule has 0 aliphatic carbocycles. The zero-order valence-electron chi connectivity index (χ0n) is 7.26. The lowest BCUT2D eigenvalue weighted by Gasteiger charge is -2.25. The molecule has 1 aromatic rings. The lowest BCUT2D eigenvalue weighted by atomic mass is 9.95. The van der Waals surface area contributed by atoms with Crippen LogP contribution in [0.1, 0.15) is 17.2 Å². The van der Waals surface area contributed by atoms with Crippen LogP contribution in [0, 0.1) is 0 Å². The van der Waals surface area contributed by atoms with Crippen molar-refractivity contribution in [2.75, 3.05) is 13.2 Å². The van der Waals surface area contributed by atoms with E-state index in [4.69, 9.17) is 16.7 Å². The molecule has 1 aliphatic heterocycles. The molecule has 1 aliphatic rings. The second kappa shape index (κ2) is 3.66. The number of halogens is 1. The summed E-state index contributed by atoms with van der Waals surface area (Å²) in [5.74, 6) is 0. The first-order chi connectivity index (χ1) is 6.31. The Bertz CT molecular complexity index is 314. The van der Waals surface area contributed by atoms with Crippen molar-refractivity contribution in [1.29, 1.82) is 0 Å². The fraction of sp³-hybridized carbons (Fsp3) is 0.400. The van der Waals surface area contributed by atoms with Gasteiger partial charge >= 0.3 is 0 Å². The average molecular weight is 198 g/mol. The Morgan fingerprint density at radius 2 is 2.38 bits per heavy atom. The summed E-state index contributed by atoms with van der Waals surface area (Å²) in [7, 11) is 0. The molecule has 2 rings (SSSR count). The van der Waals surface area contributed by atoms with Gasteiger partial charge in [0.05, 0.1) is 12.6 Å². The van der Waals surface area contributed by atoms with Gasteiger partial charge in [-0.05, 0) is 36.2 Å². The summed E-state index contributed by atoms with van der Waals surface area (Å²) in [4.78, 5) is 0. The molecule has 1 aromatic carbocycles. The van der Waals surface area contributed by atoms with Crippen molar-refractivity contribution in [3.63, 3.8) is 0 Å². The second-order valence-corrected chi connectivity index (χ2v) is 3.72. The highest BCUT2D eigenvalue weighted by Gasteiger charge is 2.18. The van der Waals surface area contributed by atoms with Gasteiger partial charge in [-0.3, -0.25) is 0 Å². The Morgan fingerprint density at radius 3 is 3.15 bits per heavy atom. The highest BCUT2D eigenvalue weighted by molar-refractivity contribution is 6.30. The van der Waals surface area contributed by atoms with E-state index in [1.165, 1.54) is 5.56 Å². The topological polar surface area (TPSA) is 32.3 Å². The van der Waals surface area contributed by atoms with E-state index in [0.29, 0.717) is 0 Å². The molecule has 0 fully saturated rings. The highest BCUT2D eigenvalue weighted by atomic mass is 35.5. The van der Waals surface area contributed by atoms with Crippen LogP contribution < -0.4 is 5.32 Å². The van der Waals surface area contributed by atoms with E-state index in [1.807, 2.05) is 18.2 Å². The number of aliphatic hydroxyl groups is 1. The lowest BCUT2D eigenvalue weighted by Crippen LogP contribution is -2.31. The molecule has 0 unspecified atom stereocenters. The van der Waals surface area contributed by atoms with Crippen LogP contribution in [0.15, 0.2) is 18.2 Å². The van der Waals surface area contributed by atoms with Crippen LogP contribution >= 0.6 is 11.6 Å². The molecule has 0 radical (unpaired) electrons. The van der Waals surface area contributed by atoms with Crippen molar-refractivity contribution >= 4 is 11.6 Å². The molecule has 0 spiro atoms. The van der Waals surface area contributed by atoms with Gasteiger partial charge in [0, 0.05) is 5.02 Å². The number of benzene rings is 1. The number of hydrogen-bond donors (Lipinski definition) is 2. The molecular weight excluding hydrogens is 186 g/mol. The highest BCUT2D eigenvalue weighted by Crippen LogP contribution is 2.25. The van der Waals surface area contributed by atoms with Crippen molar-refractivity contribution in [3.8, 4) is 0 Å². The minimum absolute atomic E-state index is 0.0578. The lowest BCUT2D eigenvalue weighted by molar-refractivity contribution is 0.240. The quantitative estimate of drug-likeness (QED) is 0.716. The Balaban J connectivity index is 2.41. The van der Waals surface area contributed by atoms with E-state index in [-0.39, 0.29) is 12.6 Å².